The van der Waals surface area contributed by atoms with E-state index in [1.165, 1.54) is 16.9 Å². The smallest absolute Gasteiger partial charge is 0.275 e. The Kier molecular flexibility index (Phi) is 4.39. The van der Waals surface area contributed by atoms with Crippen molar-refractivity contribution in [1.29, 1.82) is 0 Å². The van der Waals surface area contributed by atoms with Gasteiger partial charge in [-0.05, 0) is 31.7 Å². The highest BCUT2D eigenvalue weighted by molar-refractivity contribution is 7.13. The molecule has 2 heterocycles. The van der Waals surface area contributed by atoms with Gasteiger partial charge in [0.2, 0.25) is 0 Å². The van der Waals surface area contributed by atoms with Gasteiger partial charge in [-0.3, -0.25) is 4.79 Å². The van der Waals surface area contributed by atoms with Gasteiger partial charge in [0.1, 0.15) is 5.69 Å². The standard InChI is InChI=1S/C15H19N3OS/c1-5-10(2)9-18(4)14-11(3)16-15(19)13(17-14)12-7-6-8-20-12/h6-9H,5H2,1-4H3,(H,16,19). The van der Waals surface area contributed by atoms with Crippen LogP contribution < -0.4 is 10.5 Å². The van der Waals surface area contributed by atoms with Crippen molar-refractivity contribution in [2.75, 3.05) is 11.9 Å². The van der Waals surface area contributed by atoms with Crippen molar-refractivity contribution in [3.05, 3.63) is 45.3 Å². The first-order valence-electron chi connectivity index (χ1n) is 6.57. The molecule has 0 amide bonds. The minimum Gasteiger partial charge on any atom is -0.335 e. The van der Waals surface area contributed by atoms with Gasteiger partial charge in [-0.1, -0.05) is 18.6 Å². The van der Waals surface area contributed by atoms with Crippen molar-refractivity contribution in [3.63, 3.8) is 0 Å². The molecule has 0 fully saturated rings. The van der Waals surface area contributed by atoms with Crippen molar-refractivity contribution in [2.45, 2.75) is 27.2 Å². The minimum atomic E-state index is -0.140. The molecule has 2 aromatic heterocycles. The average molecular weight is 289 g/mol. The second-order valence-electron chi connectivity index (χ2n) is 4.78. The summed E-state index contributed by atoms with van der Waals surface area (Å²) in [6, 6.07) is 3.83. The maximum absolute atomic E-state index is 12.0. The summed E-state index contributed by atoms with van der Waals surface area (Å²) < 4.78 is 0. The van der Waals surface area contributed by atoms with Crippen molar-refractivity contribution in [3.8, 4) is 10.6 Å². The van der Waals surface area contributed by atoms with E-state index in [4.69, 9.17) is 0 Å². The third kappa shape index (κ3) is 2.99. The normalized spacial score (nSPS) is 11.7. The molecule has 0 atom stereocenters. The number of allylic oxidation sites excluding steroid dienone is 1. The molecule has 0 aliphatic rings. The van der Waals surface area contributed by atoms with Gasteiger partial charge in [-0.15, -0.1) is 11.3 Å². The fourth-order valence-electron chi connectivity index (χ4n) is 1.93. The van der Waals surface area contributed by atoms with E-state index in [0.29, 0.717) is 5.69 Å². The maximum atomic E-state index is 12.0. The summed E-state index contributed by atoms with van der Waals surface area (Å²) in [5, 5.41) is 1.95. The van der Waals surface area contributed by atoms with E-state index in [0.717, 1.165) is 22.8 Å². The van der Waals surface area contributed by atoms with Gasteiger partial charge in [0, 0.05) is 13.2 Å². The lowest BCUT2D eigenvalue weighted by Crippen LogP contribution is -2.19. The number of anilines is 1. The van der Waals surface area contributed by atoms with Crippen LogP contribution in [0.4, 0.5) is 5.82 Å². The predicted octanol–water partition coefficient (Wildman–Crippen LogP) is 3.56. The van der Waals surface area contributed by atoms with Crippen LogP contribution in [-0.4, -0.2) is 17.0 Å². The molecule has 0 aliphatic carbocycles. The number of rotatable bonds is 4. The lowest BCUT2D eigenvalue weighted by molar-refractivity contribution is 0.993. The Morgan fingerprint density at radius 2 is 2.30 bits per heavy atom. The molecule has 0 unspecified atom stereocenters. The zero-order valence-electron chi connectivity index (χ0n) is 12.2. The summed E-state index contributed by atoms with van der Waals surface area (Å²) in [6.45, 7) is 6.06. The van der Waals surface area contributed by atoms with Crippen LogP contribution in [0, 0.1) is 6.92 Å². The molecule has 1 N–H and O–H groups in total. The Labute approximate surface area is 122 Å². The number of nitrogens with zero attached hydrogens (tertiary/aromatic N) is 2. The fourth-order valence-corrected chi connectivity index (χ4v) is 2.64. The molecule has 0 aliphatic heterocycles. The molecule has 0 radical (unpaired) electrons. The average Bonchev–Trinajstić information content (AvgIpc) is 2.92. The Balaban J connectivity index is 2.50. The highest BCUT2D eigenvalue weighted by Gasteiger charge is 2.12. The quantitative estimate of drug-likeness (QED) is 0.936. The second kappa shape index (κ2) is 6.05. The molecule has 0 aromatic carbocycles. The van der Waals surface area contributed by atoms with Crippen LogP contribution in [0.25, 0.3) is 10.6 Å². The number of aryl methyl sites for hydroxylation is 1. The van der Waals surface area contributed by atoms with Crippen LogP contribution in [0.1, 0.15) is 26.0 Å². The van der Waals surface area contributed by atoms with Crippen molar-refractivity contribution in [1.82, 2.24) is 9.97 Å². The molecule has 2 rings (SSSR count). The zero-order valence-corrected chi connectivity index (χ0v) is 13.0. The Bertz CT molecular complexity index is 671. The van der Waals surface area contributed by atoms with E-state index in [-0.39, 0.29) is 5.56 Å². The molecule has 4 nitrogen and oxygen atoms in total. The lowest BCUT2D eigenvalue weighted by Gasteiger charge is -2.17. The van der Waals surface area contributed by atoms with Gasteiger partial charge in [-0.2, -0.15) is 0 Å². The van der Waals surface area contributed by atoms with Gasteiger partial charge < -0.3 is 9.88 Å². The number of nitrogens with one attached hydrogen (secondary N) is 1. The Hall–Kier alpha value is -1.88. The fraction of sp³-hybridized carbons (Fsp3) is 0.333. The van der Waals surface area contributed by atoms with Crippen molar-refractivity contribution >= 4 is 17.2 Å². The number of hydrogen-bond donors (Lipinski definition) is 1. The van der Waals surface area contributed by atoms with Crippen LogP contribution in [0.2, 0.25) is 0 Å². The van der Waals surface area contributed by atoms with Crippen LogP contribution >= 0.6 is 11.3 Å². The molecule has 0 spiro atoms. The summed E-state index contributed by atoms with van der Waals surface area (Å²) in [7, 11) is 1.95. The van der Waals surface area contributed by atoms with E-state index in [2.05, 4.69) is 23.8 Å². The van der Waals surface area contributed by atoms with Crippen molar-refractivity contribution in [2.24, 2.45) is 0 Å². The molecular formula is C15H19N3OS. The number of H-pyrrole nitrogens is 1. The Morgan fingerprint density at radius 3 is 2.90 bits per heavy atom. The molecule has 106 valence electrons. The third-order valence-corrected chi connectivity index (χ3v) is 4.01. The van der Waals surface area contributed by atoms with E-state index >= 15 is 0 Å². The molecular weight excluding hydrogens is 270 g/mol. The number of aromatic amines is 1. The largest absolute Gasteiger partial charge is 0.335 e. The summed E-state index contributed by atoms with van der Waals surface area (Å²) in [4.78, 5) is 22.3. The van der Waals surface area contributed by atoms with Gasteiger partial charge >= 0.3 is 0 Å². The Morgan fingerprint density at radius 1 is 1.55 bits per heavy atom. The SMILES string of the molecule is CCC(C)=CN(C)c1nc(-c2cccs2)c(=O)[nH]c1C. The molecule has 20 heavy (non-hydrogen) atoms. The van der Waals surface area contributed by atoms with E-state index < -0.39 is 0 Å². The van der Waals surface area contributed by atoms with E-state index in [1.807, 2.05) is 42.6 Å². The summed E-state index contributed by atoms with van der Waals surface area (Å²) >= 11 is 1.52. The molecule has 2 aromatic rings. The topological polar surface area (TPSA) is 49.0 Å². The highest BCUT2D eigenvalue weighted by atomic mass is 32.1. The van der Waals surface area contributed by atoms with Crippen LogP contribution in [0.3, 0.4) is 0 Å². The van der Waals surface area contributed by atoms with Crippen LogP contribution in [0.5, 0.6) is 0 Å². The maximum Gasteiger partial charge on any atom is 0.275 e. The third-order valence-electron chi connectivity index (χ3n) is 3.13. The minimum absolute atomic E-state index is 0.140. The second-order valence-corrected chi connectivity index (χ2v) is 5.73. The monoisotopic (exact) mass is 289 g/mol. The summed E-state index contributed by atoms with van der Waals surface area (Å²) in [5.74, 6) is 0.779. The first-order valence-corrected chi connectivity index (χ1v) is 7.45. The summed E-state index contributed by atoms with van der Waals surface area (Å²) in [6.07, 6.45) is 3.04. The zero-order chi connectivity index (χ0) is 14.7. The molecule has 0 saturated heterocycles. The number of aromatic nitrogens is 2. The van der Waals surface area contributed by atoms with Crippen LogP contribution in [-0.2, 0) is 0 Å². The molecule has 0 bridgehead atoms. The van der Waals surface area contributed by atoms with Gasteiger partial charge in [-0.25, -0.2) is 4.98 Å². The van der Waals surface area contributed by atoms with Crippen LogP contribution in [0.15, 0.2) is 34.1 Å². The number of hydrogen-bond acceptors (Lipinski definition) is 4. The molecule has 5 heteroatoms. The predicted molar refractivity (Wildman–Crippen MR) is 85.4 cm³/mol. The number of thiophene rings is 1. The molecule has 0 saturated carbocycles. The van der Waals surface area contributed by atoms with E-state index in [1.54, 1.807) is 0 Å². The lowest BCUT2D eigenvalue weighted by atomic mass is 10.2. The van der Waals surface area contributed by atoms with E-state index in [9.17, 15) is 4.79 Å². The van der Waals surface area contributed by atoms with Gasteiger partial charge in [0.25, 0.3) is 5.56 Å². The van der Waals surface area contributed by atoms with Gasteiger partial charge in [0.05, 0.1) is 10.6 Å². The first kappa shape index (κ1) is 14.5. The van der Waals surface area contributed by atoms with Crippen molar-refractivity contribution < 1.29 is 0 Å². The highest BCUT2D eigenvalue weighted by Crippen LogP contribution is 2.23. The van der Waals surface area contributed by atoms with Gasteiger partial charge in [0.15, 0.2) is 5.82 Å². The first-order chi connectivity index (χ1) is 9.52. The summed E-state index contributed by atoms with van der Waals surface area (Å²) in [5.41, 5.74) is 2.38.